The predicted octanol–water partition coefficient (Wildman–Crippen LogP) is -1.84. The van der Waals surface area contributed by atoms with Crippen LogP contribution in [-0.4, -0.2) is 15.8 Å². The number of nitrogens with two attached hydrogens (primary N) is 2. The first kappa shape index (κ1) is 11.1. The molecule has 8 heteroatoms. The molecular formula is CH7N3O4P+. The Bertz CT molecular complexity index is 100.0. The van der Waals surface area contributed by atoms with E-state index in [9.17, 15) is 4.79 Å². The maximum atomic E-state index is 9.35. The second-order valence-corrected chi connectivity index (χ2v) is 1.27. The van der Waals surface area contributed by atoms with E-state index < -0.39 is 14.3 Å². The van der Waals surface area contributed by atoms with E-state index in [1.54, 1.807) is 5.43 Å². The average molecular weight is 156 g/mol. The fraction of sp³-hybridized carbons (Fsp3) is 0. The van der Waals surface area contributed by atoms with Crippen molar-refractivity contribution in [2.24, 2.45) is 11.6 Å². The number of hydrazine groups is 1. The van der Waals surface area contributed by atoms with Gasteiger partial charge < -0.3 is 5.73 Å². The molecule has 0 aromatic carbocycles. The summed E-state index contributed by atoms with van der Waals surface area (Å²) in [6.45, 7) is 0. The van der Waals surface area contributed by atoms with Crippen molar-refractivity contribution in [3.05, 3.63) is 0 Å². The number of amides is 2. The third-order valence-corrected chi connectivity index (χ3v) is 0.142. The second kappa shape index (κ2) is 7.25. The molecule has 0 spiro atoms. The van der Waals surface area contributed by atoms with Crippen molar-refractivity contribution in [1.82, 2.24) is 5.43 Å². The highest BCUT2D eigenvalue weighted by molar-refractivity contribution is 7.30. The van der Waals surface area contributed by atoms with E-state index in [-0.39, 0.29) is 0 Å². The van der Waals surface area contributed by atoms with E-state index in [0.29, 0.717) is 0 Å². The number of nitrogens with one attached hydrogen (secondary N) is 1. The summed E-state index contributed by atoms with van der Waals surface area (Å²) in [5.74, 6) is 4.45. The zero-order valence-electron chi connectivity index (χ0n) is 4.31. The van der Waals surface area contributed by atoms with Crippen molar-refractivity contribution in [2.45, 2.75) is 0 Å². The van der Waals surface area contributed by atoms with Gasteiger partial charge in [0.2, 0.25) is 0 Å². The Kier molecular flexibility index (Phi) is 8.94. The van der Waals surface area contributed by atoms with Gasteiger partial charge in [0.25, 0.3) is 0 Å². The number of hydrogen-bond donors (Lipinski definition) is 5. The molecular weight excluding hydrogens is 149 g/mol. The summed E-state index contributed by atoms with van der Waals surface area (Å²) in [6.07, 6.45) is 0. The lowest BCUT2D eigenvalue weighted by Gasteiger charge is -1.81. The van der Waals surface area contributed by atoms with Crippen LogP contribution in [-0.2, 0) is 4.57 Å². The van der Waals surface area contributed by atoms with Gasteiger partial charge in [0.1, 0.15) is 0 Å². The Hall–Kier alpha value is -0.750. The highest BCUT2D eigenvalue weighted by atomic mass is 31.1. The molecule has 0 saturated heterocycles. The van der Waals surface area contributed by atoms with Crippen LogP contribution >= 0.6 is 8.25 Å². The van der Waals surface area contributed by atoms with Crippen LogP contribution in [0.5, 0.6) is 0 Å². The minimum Gasteiger partial charge on any atom is -0.351 e. The summed E-state index contributed by atoms with van der Waals surface area (Å²) in [6, 6.07) is -0.718. The number of hydrogen-bond acceptors (Lipinski definition) is 3. The topological polar surface area (TPSA) is 139 Å². The van der Waals surface area contributed by atoms with E-state index in [0.717, 1.165) is 0 Å². The summed E-state index contributed by atoms with van der Waals surface area (Å²) >= 11 is 0. The molecule has 0 unspecified atom stereocenters. The van der Waals surface area contributed by atoms with Crippen LogP contribution in [0.3, 0.4) is 0 Å². The van der Waals surface area contributed by atoms with Gasteiger partial charge in [0, 0.05) is 4.57 Å². The van der Waals surface area contributed by atoms with E-state index in [1.807, 2.05) is 0 Å². The van der Waals surface area contributed by atoms with E-state index in [1.165, 1.54) is 0 Å². The first-order valence-electron chi connectivity index (χ1n) is 1.61. The van der Waals surface area contributed by atoms with Crippen molar-refractivity contribution in [3.63, 3.8) is 0 Å². The molecule has 0 radical (unpaired) electrons. The van der Waals surface area contributed by atoms with Crippen LogP contribution in [0, 0.1) is 0 Å². The molecule has 9 heavy (non-hydrogen) atoms. The Morgan fingerprint density at radius 3 is 1.67 bits per heavy atom. The van der Waals surface area contributed by atoms with Crippen LogP contribution in [0.1, 0.15) is 0 Å². The van der Waals surface area contributed by atoms with Gasteiger partial charge >= 0.3 is 14.3 Å². The zero-order valence-corrected chi connectivity index (χ0v) is 5.21. The lowest BCUT2D eigenvalue weighted by Crippen LogP contribution is -2.34. The largest absolute Gasteiger partial charge is 0.692 e. The van der Waals surface area contributed by atoms with Gasteiger partial charge in [0.15, 0.2) is 0 Å². The second-order valence-electron chi connectivity index (χ2n) is 0.761. The van der Waals surface area contributed by atoms with Crippen molar-refractivity contribution >= 4 is 14.3 Å². The van der Waals surface area contributed by atoms with Crippen molar-refractivity contribution < 1.29 is 19.1 Å². The third-order valence-electron chi connectivity index (χ3n) is 0.142. The molecule has 7 nitrogen and oxygen atoms in total. The minimum atomic E-state index is -2.87. The van der Waals surface area contributed by atoms with Gasteiger partial charge in [-0.25, -0.2) is 10.6 Å². The summed E-state index contributed by atoms with van der Waals surface area (Å²) in [5, 5.41) is 0. The number of urea groups is 1. The Labute approximate surface area is 51.6 Å². The van der Waals surface area contributed by atoms with Crippen molar-refractivity contribution in [2.75, 3.05) is 0 Å². The van der Waals surface area contributed by atoms with Crippen LogP contribution in [0.15, 0.2) is 0 Å². The normalized spacial score (nSPS) is 6.56. The van der Waals surface area contributed by atoms with Gasteiger partial charge in [-0.3, -0.25) is 5.43 Å². The Morgan fingerprint density at radius 2 is 1.67 bits per heavy atom. The molecule has 54 valence electrons. The number of rotatable bonds is 0. The van der Waals surface area contributed by atoms with Crippen LogP contribution < -0.4 is 17.0 Å². The zero-order chi connectivity index (χ0) is 7.86. The maximum Gasteiger partial charge on any atom is 0.692 e. The molecule has 0 saturated carbocycles. The number of primary amides is 1. The molecule has 0 rings (SSSR count). The molecule has 0 heterocycles. The molecule has 0 aromatic heterocycles. The Balaban J connectivity index is 0. The fourth-order valence-electron chi connectivity index (χ4n) is 0. The molecule has 0 bridgehead atoms. The highest BCUT2D eigenvalue weighted by Crippen LogP contribution is 1.98. The fourth-order valence-corrected chi connectivity index (χ4v) is 0. The average Bonchev–Trinajstić information content (AvgIpc) is 1.65. The van der Waals surface area contributed by atoms with Gasteiger partial charge in [-0.2, -0.15) is 0 Å². The molecule has 7 N–H and O–H groups in total. The van der Waals surface area contributed by atoms with Gasteiger partial charge in [-0.15, -0.1) is 9.79 Å². The lowest BCUT2D eigenvalue weighted by atomic mass is 11.2. The molecule has 0 aliphatic rings. The smallest absolute Gasteiger partial charge is 0.351 e. The minimum absolute atomic E-state index is 0.718. The van der Waals surface area contributed by atoms with E-state index >= 15 is 0 Å². The number of carbonyl (C=O) groups excluding carboxylic acids is 1. The van der Waals surface area contributed by atoms with Crippen LogP contribution in [0.2, 0.25) is 0 Å². The highest BCUT2D eigenvalue weighted by Gasteiger charge is 1.93. The first-order valence-corrected chi connectivity index (χ1v) is 2.78. The molecule has 2 amide bonds. The number of carbonyl (C=O) groups is 1. The summed E-state index contributed by atoms with van der Waals surface area (Å²) in [7, 11) is -2.87. The van der Waals surface area contributed by atoms with Crippen molar-refractivity contribution in [3.8, 4) is 0 Å². The van der Waals surface area contributed by atoms with Gasteiger partial charge in [0.05, 0.1) is 0 Å². The van der Waals surface area contributed by atoms with E-state index in [4.69, 9.17) is 14.4 Å². The van der Waals surface area contributed by atoms with E-state index in [2.05, 4.69) is 11.6 Å². The van der Waals surface area contributed by atoms with Gasteiger partial charge in [-0.05, 0) is 0 Å². The lowest BCUT2D eigenvalue weighted by molar-refractivity contribution is 0.249. The third kappa shape index (κ3) is 128. The predicted molar refractivity (Wildman–Crippen MR) is 29.0 cm³/mol. The summed E-state index contributed by atoms with van der Waals surface area (Å²) < 4.78 is 8.70. The van der Waals surface area contributed by atoms with Crippen LogP contribution in [0.4, 0.5) is 4.79 Å². The monoisotopic (exact) mass is 156 g/mol. The molecule has 0 aliphatic heterocycles. The maximum absolute atomic E-state index is 9.35. The molecule has 0 atom stereocenters. The first-order chi connectivity index (χ1) is 4.00. The Morgan fingerprint density at radius 1 is 1.56 bits per heavy atom. The van der Waals surface area contributed by atoms with Gasteiger partial charge in [-0.1, -0.05) is 0 Å². The quantitative estimate of drug-likeness (QED) is 0.121. The SMILES string of the molecule is NNC(N)=O.O=[P+](O)O. The molecule has 0 fully saturated rings. The molecule has 0 aromatic rings. The standard InChI is InChI=1S/CH5N3O.HO3P/c2-1(5)4-3;1-4(2)3/h3H2,(H3,2,4,5);(H-,1,2,3)/p+1. The van der Waals surface area contributed by atoms with Crippen LogP contribution in [0.25, 0.3) is 0 Å². The molecule has 0 aliphatic carbocycles. The summed E-state index contributed by atoms with van der Waals surface area (Å²) in [4.78, 5) is 23.6. The van der Waals surface area contributed by atoms with Crippen molar-refractivity contribution in [1.29, 1.82) is 0 Å². The summed E-state index contributed by atoms with van der Waals surface area (Å²) in [5.41, 5.74) is 6.08.